The molecule has 0 amide bonds. The first kappa shape index (κ1) is 25.3. The summed E-state index contributed by atoms with van der Waals surface area (Å²) >= 11 is 0. The molecule has 10 heteroatoms. The molecule has 0 spiro atoms. The zero-order chi connectivity index (χ0) is 24.8. The van der Waals surface area contributed by atoms with Crippen molar-refractivity contribution in [2.75, 3.05) is 38.9 Å². The third-order valence-electron chi connectivity index (χ3n) is 8.16. The molecule has 7 rings (SSSR count). The highest BCUT2D eigenvalue weighted by Crippen LogP contribution is 2.49. The zero-order valence-corrected chi connectivity index (χ0v) is 21.8. The summed E-state index contributed by atoms with van der Waals surface area (Å²) in [5.41, 5.74) is 2.70. The first-order chi connectivity index (χ1) is 17.5. The average molecular weight is 524 g/mol. The minimum Gasteiger partial charge on any atom is -0.486 e. The number of rotatable bonds is 6. The van der Waals surface area contributed by atoms with Crippen LogP contribution >= 0.6 is 12.4 Å². The number of aromatic nitrogens is 3. The molecule has 6 heterocycles. The van der Waals surface area contributed by atoms with Gasteiger partial charge in [-0.1, -0.05) is 0 Å². The van der Waals surface area contributed by atoms with Gasteiger partial charge in [0.25, 0.3) is 0 Å². The molecule has 1 aliphatic carbocycles. The lowest BCUT2D eigenvalue weighted by atomic mass is 9.68. The summed E-state index contributed by atoms with van der Waals surface area (Å²) in [6, 6.07) is 7.95. The van der Waals surface area contributed by atoms with E-state index in [1.54, 1.807) is 25.6 Å². The third kappa shape index (κ3) is 4.38. The van der Waals surface area contributed by atoms with Crippen molar-refractivity contribution in [2.45, 2.75) is 49.7 Å². The van der Waals surface area contributed by atoms with Crippen molar-refractivity contribution in [3.05, 3.63) is 41.7 Å². The topological polar surface area (TPSA) is 103 Å². The van der Waals surface area contributed by atoms with Crippen molar-refractivity contribution in [1.29, 1.82) is 5.26 Å². The van der Waals surface area contributed by atoms with Gasteiger partial charge in [-0.05, 0) is 50.2 Å². The number of pyridine rings is 3. The number of nitrogens with zero attached hydrogens (tertiary/aromatic N) is 5. The Morgan fingerprint density at radius 1 is 1.08 bits per heavy atom. The zero-order valence-electron chi connectivity index (χ0n) is 21.0. The predicted molar refractivity (Wildman–Crippen MR) is 140 cm³/mol. The molecule has 4 aliphatic rings. The van der Waals surface area contributed by atoms with Gasteiger partial charge in [0.05, 0.1) is 47.7 Å². The fourth-order valence-corrected chi connectivity index (χ4v) is 5.78. The van der Waals surface area contributed by atoms with Crippen LogP contribution in [0.25, 0.3) is 11.0 Å². The highest BCUT2D eigenvalue weighted by molar-refractivity contribution is 5.85. The van der Waals surface area contributed by atoms with Crippen molar-refractivity contribution < 1.29 is 18.9 Å². The number of anilines is 1. The normalized spacial score (nSPS) is 23.7. The second-order valence-electron chi connectivity index (χ2n) is 9.92. The number of hydrogen-bond acceptors (Lipinski definition) is 9. The second-order valence-corrected chi connectivity index (χ2v) is 9.92. The van der Waals surface area contributed by atoms with Gasteiger partial charge in [-0.25, -0.2) is 9.97 Å². The molecule has 0 N–H and O–H groups in total. The maximum Gasteiger partial charge on any atom is 0.213 e. The van der Waals surface area contributed by atoms with E-state index in [4.69, 9.17) is 18.9 Å². The Morgan fingerprint density at radius 3 is 2.57 bits per heavy atom. The average Bonchev–Trinajstić information content (AvgIpc) is 2.95. The molecule has 2 bridgehead atoms. The summed E-state index contributed by atoms with van der Waals surface area (Å²) in [6.07, 6.45) is 8.90. The standard InChI is InChI=1S/C27H29N5O4.ClH/c1-32(23-13-21-22(16-30-23)35-12-11-34-21)26-7-9-27(10-8-26,36-17-26)6-5-19-18(14-28)15-29-20-3-4-24(33-2)31-25(19)20;/h3-4,13,15-16H,5-12,17H2,1-2H3;1H. The van der Waals surface area contributed by atoms with Gasteiger partial charge in [-0.15, -0.1) is 12.4 Å². The second kappa shape index (κ2) is 9.84. The van der Waals surface area contributed by atoms with Gasteiger partial charge in [0.2, 0.25) is 5.88 Å². The SMILES string of the molecule is COc1ccc2ncc(C#N)c(CCC34CCC(N(C)c5cc6c(cn5)OCCO6)(CC3)CO4)c2n1.Cl. The number of nitriles is 1. The molecule has 194 valence electrons. The van der Waals surface area contributed by atoms with Gasteiger partial charge in [-0.2, -0.15) is 5.26 Å². The molecule has 0 atom stereocenters. The van der Waals surface area contributed by atoms with Crippen molar-refractivity contribution in [3.63, 3.8) is 0 Å². The van der Waals surface area contributed by atoms with Crippen molar-refractivity contribution in [2.24, 2.45) is 0 Å². The highest BCUT2D eigenvalue weighted by atomic mass is 35.5. The van der Waals surface area contributed by atoms with Crippen LogP contribution in [0.4, 0.5) is 5.82 Å². The Morgan fingerprint density at radius 2 is 1.86 bits per heavy atom. The summed E-state index contributed by atoms with van der Waals surface area (Å²) < 4.78 is 23.3. The Hall–Kier alpha value is -3.35. The molecule has 3 fully saturated rings. The smallest absolute Gasteiger partial charge is 0.213 e. The van der Waals surface area contributed by atoms with E-state index in [1.165, 1.54) is 0 Å². The van der Waals surface area contributed by atoms with Crippen LogP contribution in [-0.4, -0.2) is 60.1 Å². The molecule has 1 saturated carbocycles. The fourth-order valence-electron chi connectivity index (χ4n) is 5.78. The molecular formula is C27H30ClN5O4. The van der Waals surface area contributed by atoms with Crippen LogP contribution in [0.1, 0.15) is 43.2 Å². The van der Waals surface area contributed by atoms with Gasteiger partial charge in [0, 0.05) is 25.4 Å². The molecule has 9 nitrogen and oxygen atoms in total. The molecule has 0 aromatic carbocycles. The van der Waals surface area contributed by atoms with E-state index < -0.39 is 0 Å². The maximum absolute atomic E-state index is 9.74. The number of likely N-dealkylation sites (N-methyl/N-ethyl adjacent to an activating group) is 1. The van der Waals surface area contributed by atoms with E-state index in [9.17, 15) is 5.26 Å². The van der Waals surface area contributed by atoms with Gasteiger partial charge < -0.3 is 23.8 Å². The van der Waals surface area contributed by atoms with Crippen molar-refractivity contribution in [3.8, 4) is 23.4 Å². The van der Waals surface area contributed by atoms with Gasteiger partial charge >= 0.3 is 0 Å². The summed E-state index contributed by atoms with van der Waals surface area (Å²) in [4.78, 5) is 15.9. The molecule has 2 saturated heterocycles. The quantitative estimate of drug-likeness (QED) is 0.469. The minimum atomic E-state index is -0.190. The van der Waals surface area contributed by atoms with Crippen molar-refractivity contribution in [1.82, 2.24) is 15.0 Å². The van der Waals surface area contributed by atoms with E-state index in [0.29, 0.717) is 43.4 Å². The molecule has 3 aromatic rings. The van der Waals surface area contributed by atoms with Crippen LogP contribution in [0, 0.1) is 11.3 Å². The Kier molecular flexibility index (Phi) is 6.73. The van der Waals surface area contributed by atoms with E-state index >= 15 is 0 Å². The minimum absolute atomic E-state index is 0. The van der Waals surface area contributed by atoms with Crippen LogP contribution in [-0.2, 0) is 11.2 Å². The number of methoxy groups -OCH3 is 1. The lowest BCUT2D eigenvalue weighted by molar-refractivity contribution is -0.156. The van der Waals surface area contributed by atoms with Crippen molar-refractivity contribution >= 4 is 29.3 Å². The van der Waals surface area contributed by atoms with Crippen LogP contribution in [0.2, 0.25) is 0 Å². The number of fused-ring (bicyclic) bond motifs is 5. The molecule has 3 aliphatic heterocycles. The number of hydrogen-bond donors (Lipinski definition) is 0. The molecule has 3 aromatic heterocycles. The van der Waals surface area contributed by atoms with Crippen LogP contribution in [0.3, 0.4) is 0 Å². The number of ether oxygens (including phenoxy) is 4. The Bertz CT molecular complexity index is 1340. The monoisotopic (exact) mass is 523 g/mol. The maximum atomic E-state index is 9.74. The summed E-state index contributed by atoms with van der Waals surface area (Å²) in [5.74, 6) is 2.84. The highest BCUT2D eigenvalue weighted by Gasteiger charge is 2.51. The number of halogens is 1. The third-order valence-corrected chi connectivity index (χ3v) is 8.16. The lowest BCUT2D eigenvalue weighted by Gasteiger charge is -2.56. The summed E-state index contributed by atoms with van der Waals surface area (Å²) in [6.45, 7) is 1.76. The first-order valence-corrected chi connectivity index (χ1v) is 12.4. The van der Waals surface area contributed by atoms with Crippen LogP contribution < -0.4 is 19.1 Å². The van der Waals surface area contributed by atoms with E-state index in [-0.39, 0.29) is 23.5 Å². The summed E-state index contributed by atoms with van der Waals surface area (Å²) in [5, 5.41) is 9.74. The molecular weight excluding hydrogens is 494 g/mol. The Balaban J connectivity index is 0.00000280. The molecule has 0 radical (unpaired) electrons. The van der Waals surface area contributed by atoms with E-state index in [2.05, 4.69) is 33.0 Å². The van der Waals surface area contributed by atoms with Crippen LogP contribution in [0.15, 0.2) is 30.6 Å². The van der Waals surface area contributed by atoms with Gasteiger partial charge in [0.15, 0.2) is 11.5 Å². The van der Waals surface area contributed by atoms with Gasteiger partial charge in [-0.3, -0.25) is 4.98 Å². The fraction of sp³-hybridized carbons (Fsp3) is 0.481. The summed E-state index contributed by atoms with van der Waals surface area (Å²) in [7, 11) is 3.69. The van der Waals surface area contributed by atoms with Crippen LogP contribution in [0.5, 0.6) is 17.4 Å². The largest absolute Gasteiger partial charge is 0.486 e. The molecule has 0 unspecified atom stereocenters. The molecule has 37 heavy (non-hydrogen) atoms. The lowest BCUT2D eigenvalue weighted by Crippen LogP contribution is -2.62. The predicted octanol–water partition coefficient (Wildman–Crippen LogP) is 4.25. The van der Waals surface area contributed by atoms with E-state index in [1.807, 2.05) is 12.1 Å². The van der Waals surface area contributed by atoms with E-state index in [0.717, 1.165) is 60.3 Å². The first-order valence-electron chi connectivity index (χ1n) is 12.4. The number of aryl methyl sites for hydroxylation is 1. The van der Waals surface area contributed by atoms with Gasteiger partial charge in [0.1, 0.15) is 25.1 Å². The Labute approximate surface area is 222 Å².